The minimum atomic E-state index is 0.111. The van der Waals surface area contributed by atoms with Gasteiger partial charge in [0.05, 0.1) is 0 Å². The molecule has 1 amide bonds. The van der Waals surface area contributed by atoms with Crippen molar-refractivity contribution in [2.45, 2.75) is 33.1 Å². The van der Waals surface area contributed by atoms with Crippen LogP contribution in [0.15, 0.2) is 22.7 Å². The predicted molar refractivity (Wildman–Crippen MR) is 69.6 cm³/mol. The molecule has 1 N–H and O–H groups in total. The van der Waals surface area contributed by atoms with E-state index in [9.17, 15) is 4.79 Å². The number of hydrogen-bond donors (Lipinski definition) is 1. The van der Waals surface area contributed by atoms with Crippen molar-refractivity contribution in [1.29, 1.82) is 0 Å². The molecule has 1 atom stereocenters. The van der Waals surface area contributed by atoms with Crippen LogP contribution in [-0.4, -0.2) is 5.91 Å². The molecule has 0 saturated carbocycles. The van der Waals surface area contributed by atoms with Gasteiger partial charge in [0.2, 0.25) is 5.91 Å². The zero-order valence-corrected chi connectivity index (χ0v) is 11.4. The lowest BCUT2D eigenvalue weighted by molar-refractivity contribution is -0.117. The number of fused-ring (bicyclic) bond motifs is 1. The molecular formula is C13H16BrNO. The van der Waals surface area contributed by atoms with Crippen LogP contribution in [0.25, 0.3) is 0 Å². The second-order valence-electron chi connectivity index (χ2n) is 5.40. The van der Waals surface area contributed by atoms with Gasteiger partial charge in [-0.2, -0.15) is 0 Å². The average molecular weight is 282 g/mol. The van der Waals surface area contributed by atoms with Crippen LogP contribution in [0.3, 0.4) is 0 Å². The topological polar surface area (TPSA) is 29.1 Å². The SMILES string of the molecule is CC(C)(C)C1CC(=O)Nc2cc(Br)ccc21. The van der Waals surface area contributed by atoms with Crippen molar-refractivity contribution in [1.82, 2.24) is 0 Å². The number of nitrogens with one attached hydrogen (secondary N) is 1. The highest BCUT2D eigenvalue weighted by Crippen LogP contribution is 2.44. The molecule has 0 saturated heterocycles. The monoisotopic (exact) mass is 281 g/mol. The zero-order chi connectivity index (χ0) is 11.9. The Morgan fingerprint density at radius 3 is 2.69 bits per heavy atom. The number of carbonyl (C=O) groups excluding carboxylic acids is 1. The molecule has 0 fully saturated rings. The van der Waals surface area contributed by atoms with Gasteiger partial charge in [0, 0.05) is 16.6 Å². The Labute approximate surface area is 105 Å². The normalized spacial score (nSPS) is 20.2. The van der Waals surface area contributed by atoms with Crippen LogP contribution in [0.2, 0.25) is 0 Å². The van der Waals surface area contributed by atoms with E-state index in [1.54, 1.807) is 0 Å². The van der Waals surface area contributed by atoms with E-state index in [0.29, 0.717) is 12.3 Å². The summed E-state index contributed by atoms with van der Waals surface area (Å²) >= 11 is 3.43. The lowest BCUT2D eigenvalue weighted by Crippen LogP contribution is -2.30. The van der Waals surface area contributed by atoms with Crippen LogP contribution in [-0.2, 0) is 4.79 Å². The predicted octanol–water partition coefficient (Wildman–Crippen LogP) is 3.92. The fourth-order valence-corrected chi connectivity index (χ4v) is 2.57. The number of benzene rings is 1. The molecule has 1 aromatic rings. The van der Waals surface area contributed by atoms with E-state index in [1.807, 2.05) is 12.1 Å². The Balaban J connectivity index is 2.50. The van der Waals surface area contributed by atoms with Gasteiger partial charge in [-0.15, -0.1) is 0 Å². The summed E-state index contributed by atoms with van der Waals surface area (Å²) in [6.45, 7) is 6.55. The summed E-state index contributed by atoms with van der Waals surface area (Å²) in [5.74, 6) is 0.412. The Morgan fingerprint density at radius 1 is 1.38 bits per heavy atom. The highest BCUT2D eigenvalue weighted by molar-refractivity contribution is 9.10. The second-order valence-corrected chi connectivity index (χ2v) is 6.32. The molecule has 1 unspecified atom stereocenters. The molecule has 0 aliphatic carbocycles. The summed E-state index contributed by atoms with van der Waals surface area (Å²) in [6, 6.07) is 6.12. The van der Waals surface area contributed by atoms with Gasteiger partial charge in [0.1, 0.15) is 0 Å². The van der Waals surface area contributed by atoms with Crippen molar-refractivity contribution in [3.05, 3.63) is 28.2 Å². The van der Waals surface area contributed by atoms with Crippen molar-refractivity contribution < 1.29 is 4.79 Å². The first kappa shape index (κ1) is 11.6. The number of halogens is 1. The van der Waals surface area contributed by atoms with Crippen LogP contribution in [0.1, 0.15) is 38.7 Å². The van der Waals surface area contributed by atoms with Crippen molar-refractivity contribution in [2.75, 3.05) is 5.32 Å². The Bertz CT molecular complexity index is 434. The summed E-state index contributed by atoms with van der Waals surface area (Å²) in [5, 5.41) is 2.93. The van der Waals surface area contributed by atoms with Crippen LogP contribution in [0, 0.1) is 5.41 Å². The standard InChI is InChI=1S/C13H16BrNO/c1-13(2,3)10-7-12(16)15-11-6-8(14)4-5-9(10)11/h4-6,10H,7H2,1-3H3,(H,15,16). The summed E-state index contributed by atoms with van der Waals surface area (Å²) in [5.41, 5.74) is 2.31. The summed E-state index contributed by atoms with van der Waals surface area (Å²) in [4.78, 5) is 11.7. The van der Waals surface area contributed by atoms with Gasteiger partial charge in [-0.1, -0.05) is 42.8 Å². The quantitative estimate of drug-likeness (QED) is 0.767. The maximum absolute atomic E-state index is 11.7. The van der Waals surface area contributed by atoms with Gasteiger partial charge >= 0.3 is 0 Å². The van der Waals surface area contributed by atoms with Gasteiger partial charge in [0.15, 0.2) is 0 Å². The van der Waals surface area contributed by atoms with Gasteiger partial charge < -0.3 is 5.32 Å². The number of anilines is 1. The van der Waals surface area contributed by atoms with E-state index in [1.165, 1.54) is 5.56 Å². The van der Waals surface area contributed by atoms with Crippen molar-refractivity contribution in [2.24, 2.45) is 5.41 Å². The van der Waals surface area contributed by atoms with Crippen LogP contribution < -0.4 is 5.32 Å². The Kier molecular flexibility index (Phi) is 2.82. The molecule has 86 valence electrons. The minimum absolute atomic E-state index is 0.111. The summed E-state index contributed by atoms with van der Waals surface area (Å²) < 4.78 is 1.00. The first-order valence-electron chi connectivity index (χ1n) is 5.47. The zero-order valence-electron chi connectivity index (χ0n) is 9.80. The van der Waals surface area contributed by atoms with E-state index in [-0.39, 0.29) is 11.3 Å². The Morgan fingerprint density at radius 2 is 2.06 bits per heavy atom. The van der Waals surface area contributed by atoms with Crippen molar-refractivity contribution in [3.8, 4) is 0 Å². The molecule has 1 aliphatic rings. The fourth-order valence-electron chi connectivity index (χ4n) is 2.21. The second kappa shape index (κ2) is 3.88. The molecule has 0 bridgehead atoms. The van der Waals surface area contributed by atoms with E-state index >= 15 is 0 Å². The number of carbonyl (C=O) groups is 1. The third kappa shape index (κ3) is 2.14. The number of rotatable bonds is 0. The molecule has 3 heteroatoms. The molecule has 1 aromatic carbocycles. The Hall–Kier alpha value is -0.830. The highest BCUT2D eigenvalue weighted by Gasteiger charge is 2.33. The molecule has 16 heavy (non-hydrogen) atoms. The van der Waals surface area contributed by atoms with E-state index in [4.69, 9.17) is 0 Å². The van der Waals surface area contributed by atoms with Gasteiger partial charge in [-0.25, -0.2) is 0 Å². The average Bonchev–Trinajstić information content (AvgIpc) is 2.14. The van der Waals surface area contributed by atoms with Crippen molar-refractivity contribution >= 4 is 27.5 Å². The molecule has 1 aliphatic heterocycles. The van der Waals surface area contributed by atoms with E-state index in [2.05, 4.69) is 48.1 Å². The van der Waals surface area contributed by atoms with Crippen molar-refractivity contribution in [3.63, 3.8) is 0 Å². The maximum Gasteiger partial charge on any atom is 0.225 e. The molecule has 2 rings (SSSR count). The lowest BCUT2D eigenvalue weighted by Gasteiger charge is -2.35. The lowest BCUT2D eigenvalue weighted by atomic mass is 9.72. The molecule has 0 aromatic heterocycles. The van der Waals surface area contributed by atoms with Gasteiger partial charge in [-0.3, -0.25) is 4.79 Å². The first-order valence-corrected chi connectivity index (χ1v) is 6.26. The van der Waals surface area contributed by atoms with Gasteiger partial charge in [-0.05, 0) is 29.0 Å². The maximum atomic E-state index is 11.7. The third-order valence-corrected chi connectivity index (χ3v) is 3.59. The fraction of sp³-hybridized carbons (Fsp3) is 0.462. The van der Waals surface area contributed by atoms with Crippen LogP contribution >= 0.6 is 15.9 Å². The highest BCUT2D eigenvalue weighted by atomic mass is 79.9. The molecule has 2 nitrogen and oxygen atoms in total. The molecular weight excluding hydrogens is 266 g/mol. The molecule has 1 heterocycles. The third-order valence-electron chi connectivity index (χ3n) is 3.10. The molecule has 0 spiro atoms. The number of amides is 1. The van der Waals surface area contributed by atoms with Crippen LogP contribution in [0.5, 0.6) is 0 Å². The van der Waals surface area contributed by atoms with E-state index in [0.717, 1.165) is 10.2 Å². The van der Waals surface area contributed by atoms with Crippen LogP contribution in [0.4, 0.5) is 5.69 Å². The summed E-state index contributed by atoms with van der Waals surface area (Å²) in [7, 11) is 0. The molecule has 0 radical (unpaired) electrons. The first-order chi connectivity index (χ1) is 7.38. The minimum Gasteiger partial charge on any atom is -0.326 e. The van der Waals surface area contributed by atoms with E-state index < -0.39 is 0 Å². The summed E-state index contributed by atoms with van der Waals surface area (Å²) in [6.07, 6.45) is 0.581. The smallest absolute Gasteiger partial charge is 0.225 e. The van der Waals surface area contributed by atoms with Gasteiger partial charge in [0.25, 0.3) is 0 Å². The number of hydrogen-bond acceptors (Lipinski definition) is 1. The largest absolute Gasteiger partial charge is 0.326 e.